The van der Waals surface area contributed by atoms with Crippen molar-refractivity contribution in [3.63, 3.8) is 0 Å². The van der Waals surface area contributed by atoms with Gasteiger partial charge in [-0.25, -0.2) is 0 Å². The molecule has 0 bridgehead atoms. The van der Waals surface area contributed by atoms with Crippen LogP contribution in [-0.4, -0.2) is 16.5 Å². The molecule has 4 saturated carbocycles. The Morgan fingerprint density at radius 3 is 2.64 bits per heavy atom. The van der Waals surface area contributed by atoms with E-state index in [0.29, 0.717) is 17.6 Å². The molecule has 0 spiro atoms. The highest BCUT2D eigenvalue weighted by molar-refractivity contribution is 5.87. The highest BCUT2D eigenvalue weighted by Crippen LogP contribution is 2.61. The lowest BCUT2D eigenvalue weighted by molar-refractivity contribution is -0.134. The molecule has 0 radical (unpaired) electrons. The van der Waals surface area contributed by atoms with Crippen molar-refractivity contribution in [1.82, 2.24) is 0 Å². The van der Waals surface area contributed by atoms with E-state index in [0.717, 1.165) is 56.3 Å². The molecule has 0 saturated heterocycles. The Bertz CT molecular complexity index is 532. The Labute approximate surface area is 134 Å². The molecule has 22 heavy (non-hydrogen) atoms. The Hall–Kier alpha value is -0.810. The number of carbonyl (C=O) groups excluding carboxylic acids is 1. The summed E-state index contributed by atoms with van der Waals surface area (Å²) in [7, 11) is 0. The number of terminal acetylenes is 1. The number of carbonyl (C=O) groups is 1. The van der Waals surface area contributed by atoms with Gasteiger partial charge < -0.3 is 5.11 Å². The van der Waals surface area contributed by atoms with Gasteiger partial charge in [0.1, 0.15) is 11.4 Å². The van der Waals surface area contributed by atoms with E-state index in [9.17, 15) is 9.90 Å². The fourth-order valence-corrected chi connectivity index (χ4v) is 6.78. The highest BCUT2D eigenvalue weighted by Gasteiger charge is 2.57. The van der Waals surface area contributed by atoms with E-state index in [-0.39, 0.29) is 5.41 Å². The summed E-state index contributed by atoms with van der Waals surface area (Å²) in [5.74, 6) is 6.70. The van der Waals surface area contributed by atoms with Crippen LogP contribution in [0.2, 0.25) is 0 Å². The van der Waals surface area contributed by atoms with Crippen LogP contribution < -0.4 is 0 Å². The molecule has 4 aliphatic rings. The minimum Gasteiger partial charge on any atom is -0.378 e. The third kappa shape index (κ3) is 1.94. The van der Waals surface area contributed by atoms with Crippen LogP contribution in [0, 0.1) is 47.3 Å². The van der Waals surface area contributed by atoms with Crippen LogP contribution in [0.3, 0.4) is 0 Å². The Balaban J connectivity index is 1.56. The number of Topliss-reactive ketones (excluding diaryl/α,β-unsaturated/α-hetero) is 1. The van der Waals surface area contributed by atoms with E-state index in [1.165, 1.54) is 19.3 Å². The maximum atomic E-state index is 12.4. The van der Waals surface area contributed by atoms with E-state index < -0.39 is 5.60 Å². The summed E-state index contributed by atoms with van der Waals surface area (Å²) in [6, 6.07) is 0. The summed E-state index contributed by atoms with van der Waals surface area (Å²) >= 11 is 0. The van der Waals surface area contributed by atoms with E-state index >= 15 is 0 Å². The molecule has 2 heteroatoms. The molecule has 0 aromatic rings. The highest BCUT2D eigenvalue weighted by atomic mass is 16.3. The molecule has 0 amide bonds. The molecule has 2 nitrogen and oxygen atoms in total. The van der Waals surface area contributed by atoms with Gasteiger partial charge >= 0.3 is 0 Å². The van der Waals surface area contributed by atoms with Gasteiger partial charge in [0, 0.05) is 11.8 Å². The second kappa shape index (κ2) is 4.84. The molecule has 4 aliphatic carbocycles. The van der Waals surface area contributed by atoms with E-state index in [2.05, 4.69) is 12.8 Å². The molecular weight excluding hydrogens is 272 g/mol. The smallest absolute Gasteiger partial charge is 0.139 e. The number of hydrogen-bond acceptors (Lipinski definition) is 2. The standard InChI is InChI=1S/C20H28O2/c1-3-20(22)11-9-14-13(12-20)4-5-16-15(14)8-10-19(2)17(16)6-7-18(19)21/h1,13-17,22H,4-12H2,2H3/t13-,14+,15?,16-,17?,19+,20+/m1/s1. The minimum atomic E-state index is -0.847. The Morgan fingerprint density at radius 1 is 1.09 bits per heavy atom. The van der Waals surface area contributed by atoms with E-state index in [1.807, 2.05) is 0 Å². The summed E-state index contributed by atoms with van der Waals surface area (Å²) in [5.41, 5.74) is -0.858. The Kier molecular flexibility index (Phi) is 3.25. The number of hydrogen-bond donors (Lipinski definition) is 1. The zero-order valence-electron chi connectivity index (χ0n) is 13.7. The van der Waals surface area contributed by atoms with Crippen LogP contribution in [0.5, 0.6) is 0 Å². The van der Waals surface area contributed by atoms with Crippen molar-refractivity contribution in [2.75, 3.05) is 0 Å². The van der Waals surface area contributed by atoms with E-state index in [4.69, 9.17) is 6.42 Å². The first-order valence-electron chi connectivity index (χ1n) is 9.20. The van der Waals surface area contributed by atoms with Crippen molar-refractivity contribution < 1.29 is 9.90 Å². The first-order chi connectivity index (χ1) is 10.5. The van der Waals surface area contributed by atoms with Gasteiger partial charge in [0.05, 0.1) is 0 Å². The summed E-state index contributed by atoms with van der Waals surface area (Å²) in [6.07, 6.45) is 14.9. The summed E-state index contributed by atoms with van der Waals surface area (Å²) in [5, 5.41) is 10.5. The van der Waals surface area contributed by atoms with Crippen LogP contribution in [0.25, 0.3) is 0 Å². The van der Waals surface area contributed by atoms with Crippen molar-refractivity contribution in [3.05, 3.63) is 0 Å². The molecular formula is C20H28O2. The second-order valence-electron chi connectivity index (χ2n) is 8.77. The van der Waals surface area contributed by atoms with Gasteiger partial charge in [0.25, 0.3) is 0 Å². The number of fused-ring (bicyclic) bond motifs is 5. The van der Waals surface area contributed by atoms with Gasteiger partial charge in [0.2, 0.25) is 0 Å². The fraction of sp³-hybridized carbons (Fsp3) is 0.850. The molecule has 0 aliphatic heterocycles. The van der Waals surface area contributed by atoms with Crippen LogP contribution in [-0.2, 0) is 4.79 Å². The second-order valence-corrected chi connectivity index (χ2v) is 8.77. The maximum Gasteiger partial charge on any atom is 0.139 e. The van der Waals surface area contributed by atoms with Crippen LogP contribution in [0.1, 0.15) is 64.7 Å². The Morgan fingerprint density at radius 2 is 1.86 bits per heavy atom. The normalized spacial score (nSPS) is 54.0. The van der Waals surface area contributed by atoms with Crippen molar-refractivity contribution in [2.24, 2.45) is 35.0 Å². The van der Waals surface area contributed by atoms with Gasteiger partial charge in [-0.3, -0.25) is 4.79 Å². The van der Waals surface area contributed by atoms with Crippen LogP contribution in [0.4, 0.5) is 0 Å². The van der Waals surface area contributed by atoms with E-state index in [1.54, 1.807) is 0 Å². The van der Waals surface area contributed by atoms with Crippen molar-refractivity contribution in [3.8, 4) is 12.3 Å². The lowest BCUT2D eigenvalue weighted by Crippen LogP contribution is -2.50. The quantitative estimate of drug-likeness (QED) is 0.694. The summed E-state index contributed by atoms with van der Waals surface area (Å²) < 4.78 is 0. The van der Waals surface area contributed by atoms with Crippen LogP contribution in [0.15, 0.2) is 0 Å². The predicted molar refractivity (Wildman–Crippen MR) is 85.9 cm³/mol. The van der Waals surface area contributed by atoms with Gasteiger partial charge in [-0.05, 0) is 81.0 Å². The monoisotopic (exact) mass is 300 g/mol. The summed E-state index contributed by atoms with van der Waals surface area (Å²) in [4.78, 5) is 12.4. The SMILES string of the molecule is C#C[C@]1(O)CC[C@@H]2C3CC[C@]4(C)C(=O)CCC4[C@@H]3CC[C@@H]2C1. The third-order valence-electron chi connectivity index (χ3n) is 7.99. The molecule has 0 aromatic carbocycles. The average Bonchev–Trinajstić information content (AvgIpc) is 2.82. The molecule has 120 valence electrons. The van der Waals surface area contributed by atoms with Gasteiger partial charge in [-0.1, -0.05) is 12.8 Å². The topological polar surface area (TPSA) is 37.3 Å². The minimum absolute atomic E-state index is 0.0117. The zero-order chi connectivity index (χ0) is 15.5. The van der Waals surface area contributed by atoms with Crippen LogP contribution >= 0.6 is 0 Å². The first kappa shape index (κ1) is 14.8. The molecule has 1 N–H and O–H groups in total. The first-order valence-corrected chi connectivity index (χ1v) is 9.20. The van der Waals surface area contributed by atoms with Gasteiger partial charge in [0.15, 0.2) is 0 Å². The average molecular weight is 300 g/mol. The largest absolute Gasteiger partial charge is 0.378 e. The third-order valence-corrected chi connectivity index (χ3v) is 7.99. The maximum absolute atomic E-state index is 12.4. The lowest BCUT2D eigenvalue weighted by Gasteiger charge is -2.55. The molecule has 2 unspecified atom stereocenters. The number of rotatable bonds is 0. The van der Waals surface area contributed by atoms with Crippen molar-refractivity contribution in [1.29, 1.82) is 0 Å². The number of aliphatic hydroxyl groups is 1. The molecule has 4 fully saturated rings. The van der Waals surface area contributed by atoms with Crippen molar-refractivity contribution in [2.45, 2.75) is 70.3 Å². The van der Waals surface area contributed by atoms with Gasteiger partial charge in [-0.2, -0.15) is 0 Å². The molecule has 7 atom stereocenters. The predicted octanol–water partition coefficient (Wildman–Crippen LogP) is 3.57. The van der Waals surface area contributed by atoms with Crippen molar-refractivity contribution >= 4 is 5.78 Å². The van der Waals surface area contributed by atoms with Gasteiger partial charge in [-0.15, -0.1) is 6.42 Å². The number of ketones is 1. The lowest BCUT2D eigenvalue weighted by atomic mass is 9.50. The summed E-state index contributed by atoms with van der Waals surface area (Å²) in [6.45, 7) is 2.24. The molecule has 4 rings (SSSR count). The zero-order valence-corrected chi connectivity index (χ0v) is 13.7. The molecule has 0 heterocycles. The molecule has 0 aromatic heterocycles. The fourth-order valence-electron chi connectivity index (χ4n) is 6.78.